The maximum absolute atomic E-state index is 14.0. The van der Waals surface area contributed by atoms with Crippen LogP contribution in [0.1, 0.15) is 18.4 Å². The number of hydrogen-bond donors (Lipinski definition) is 0. The van der Waals surface area contributed by atoms with Gasteiger partial charge in [-0.2, -0.15) is 4.98 Å². The quantitative estimate of drug-likeness (QED) is 0.304. The number of nitrogens with zero attached hydrogens (tertiary/aromatic N) is 2. The molecule has 9 heteroatoms. The molecule has 1 saturated heterocycles. The van der Waals surface area contributed by atoms with Gasteiger partial charge in [0.05, 0.1) is 17.6 Å². The summed E-state index contributed by atoms with van der Waals surface area (Å²) in [5.74, 6) is 2.44. The molecule has 6 rings (SSSR count). The number of hydrogen-bond acceptors (Lipinski definition) is 8. The van der Waals surface area contributed by atoms with Crippen molar-refractivity contribution in [3.8, 4) is 28.7 Å². The van der Waals surface area contributed by atoms with Crippen LogP contribution < -0.4 is 19.1 Å². The van der Waals surface area contributed by atoms with E-state index in [0.29, 0.717) is 55.0 Å². The van der Waals surface area contributed by atoms with E-state index in [1.807, 2.05) is 23.1 Å². The molecular formula is C30H30N2O6S. The molecule has 202 valence electrons. The lowest BCUT2D eigenvalue weighted by atomic mass is 9.90. The van der Waals surface area contributed by atoms with Crippen LogP contribution in [-0.2, 0) is 16.3 Å². The number of fused-ring (bicyclic) bond motifs is 1. The summed E-state index contributed by atoms with van der Waals surface area (Å²) in [5.41, 5.74) is 1.90. The minimum Gasteiger partial charge on any atom is -0.496 e. The Hall–Kier alpha value is -3.98. The van der Waals surface area contributed by atoms with Gasteiger partial charge in [-0.3, -0.25) is 0 Å². The van der Waals surface area contributed by atoms with Crippen LogP contribution in [0.2, 0.25) is 0 Å². The molecule has 0 amide bonds. The molecule has 2 aliphatic heterocycles. The summed E-state index contributed by atoms with van der Waals surface area (Å²) in [7, 11) is -2.48. The first kappa shape index (κ1) is 25.3. The average molecular weight is 547 g/mol. The Kier molecular flexibility index (Phi) is 6.91. The normalized spacial score (nSPS) is 15.8. The van der Waals surface area contributed by atoms with Crippen molar-refractivity contribution in [1.82, 2.24) is 4.98 Å². The Bertz CT molecular complexity index is 1560. The number of benzene rings is 3. The van der Waals surface area contributed by atoms with E-state index in [2.05, 4.69) is 29.2 Å². The predicted molar refractivity (Wildman–Crippen MR) is 146 cm³/mol. The van der Waals surface area contributed by atoms with Gasteiger partial charge in [0.2, 0.25) is 26.6 Å². The standard InChI is InChI=1S/C30H30N2O6S/c1-35-25-10-6-5-9-24(25)28-31-29(39(33,34)23-11-12-26-27(20-23)37-18-17-36-26)30(38-28)32-15-13-22(14-16-32)19-21-7-3-2-4-8-21/h2-12,20,22H,13-19H2,1H3. The largest absolute Gasteiger partial charge is 0.496 e. The smallest absolute Gasteiger partial charge is 0.236 e. The van der Waals surface area contributed by atoms with Gasteiger partial charge in [-0.1, -0.05) is 42.5 Å². The summed E-state index contributed by atoms with van der Waals surface area (Å²) in [4.78, 5) is 6.64. The zero-order valence-electron chi connectivity index (χ0n) is 21.7. The highest BCUT2D eigenvalue weighted by atomic mass is 32.2. The molecule has 0 atom stereocenters. The van der Waals surface area contributed by atoms with E-state index in [1.54, 1.807) is 25.3 Å². The fourth-order valence-corrected chi connectivity index (χ4v) is 6.54. The molecule has 3 aromatic carbocycles. The highest BCUT2D eigenvalue weighted by molar-refractivity contribution is 7.91. The summed E-state index contributed by atoms with van der Waals surface area (Å²) in [6, 6.07) is 22.4. The van der Waals surface area contributed by atoms with Crippen LogP contribution in [0.4, 0.5) is 5.88 Å². The fraction of sp³-hybridized carbons (Fsp3) is 0.300. The Morgan fingerprint density at radius 3 is 2.41 bits per heavy atom. The molecule has 0 radical (unpaired) electrons. The molecule has 1 aromatic heterocycles. The van der Waals surface area contributed by atoms with Gasteiger partial charge in [0.1, 0.15) is 19.0 Å². The van der Waals surface area contributed by atoms with Gasteiger partial charge in [0, 0.05) is 19.2 Å². The minimum absolute atomic E-state index is 0.0758. The van der Waals surface area contributed by atoms with E-state index >= 15 is 0 Å². The first-order chi connectivity index (χ1) is 19.0. The van der Waals surface area contributed by atoms with Crippen molar-refractivity contribution in [1.29, 1.82) is 0 Å². The molecule has 1 fully saturated rings. The summed E-state index contributed by atoms with van der Waals surface area (Å²) >= 11 is 0. The van der Waals surface area contributed by atoms with Crippen LogP contribution in [0.15, 0.2) is 87.1 Å². The molecule has 0 saturated carbocycles. The fourth-order valence-electron chi connectivity index (χ4n) is 5.20. The number of ether oxygens (including phenoxy) is 3. The molecule has 0 spiro atoms. The number of oxazole rings is 1. The third kappa shape index (κ3) is 5.06. The first-order valence-corrected chi connectivity index (χ1v) is 14.6. The lowest BCUT2D eigenvalue weighted by Crippen LogP contribution is -2.34. The second kappa shape index (κ2) is 10.6. The van der Waals surface area contributed by atoms with Gasteiger partial charge in [0.15, 0.2) is 11.5 Å². The second-order valence-corrected chi connectivity index (χ2v) is 11.6. The van der Waals surface area contributed by atoms with Gasteiger partial charge >= 0.3 is 0 Å². The van der Waals surface area contributed by atoms with Crippen LogP contribution in [0.3, 0.4) is 0 Å². The lowest BCUT2D eigenvalue weighted by molar-refractivity contribution is 0.171. The van der Waals surface area contributed by atoms with Crippen molar-refractivity contribution in [3.63, 3.8) is 0 Å². The number of methoxy groups -OCH3 is 1. The van der Waals surface area contributed by atoms with Gasteiger partial charge in [0.25, 0.3) is 0 Å². The maximum atomic E-state index is 14.0. The van der Waals surface area contributed by atoms with Crippen LogP contribution in [0.5, 0.6) is 17.2 Å². The number of aromatic nitrogens is 1. The van der Waals surface area contributed by atoms with Crippen LogP contribution in [0.25, 0.3) is 11.5 Å². The topological polar surface area (TPSA) is 91.1 Å². The number of sulfone groups is 1. The molecule has 39 heavy (non-hydrogen) atoms. The van der Waals surface area contributed by atoms with Gasteiger partial charge in [-0.15, -0.1) is 0 Å². The van der Waals surface area contributed by atoms with E-state index in [1.165, 1.54) is 17.7 Å². The summed E-state index contributed by atoms with van der Waals surface area (Å²) in [5, 5.41) is -0.110. The zero-order chi connectivity index (χ0) is 26.8. The Balaban J connectivity index is 1.35. The van der Waals surface area contributed by atoms with Crippen molar-refractivity contribution in [3.05, 3.63) is 78.4 Å². The predicted octanol–water partition coefficient (Wildman–Crippen LogP) is 5.41. The molecule has 4 aromatic rings. The Morgan fingerprint density at radius 2 is 1.64 bits per heavy atom. The second-order valence-electron chi connectivity index (χ2n) is 9.76. The average Bonchev–Trinajstić information content (AvgIpc) is 3.44. The van der Waals surface area contributed by atoms with Crippen LogP contribution in [-0.4, -0.2) is 46.8 Å². The van der Waals surface area contributed by atoms with Gasteiger partial charge in [-0.05, 0) is 55.0 Å². The molecule has 8 nitrogen and oxygen atoms in total. The summed E-state index contributed by atoms with van der Waals surface area (Å²) in [6.07, 6.45) is 2.84. The third-order valence-electron chi connectivity index (χ3n) is 7.26. The Labute approximate surface area is 228 Å². The van der Waals surface area contributed by atoms with E-state index in [0.717, 1.165) is 19.3 Å². The molecule has 0 aliphatic carbocycles. The molecule has 0 unspecified atom stereocenters. The number of para-hydroxylation sites is 1. The highest BCUT2D eigenvalue weighted by Gasteiger charge is 2.34. The van der Waals surface area contributed by atoms with Crippen LogP contribution >= 0.6 is 0 Å². The summed E-state index contributed by atoms with van der Waals surface area (Å²) < 4.78 is 51.0. The lowest BCUT2D eigenvalue weighted by Gasteiger charge is -2.32. The number of anilines is 1. The van der Waals surface area contributed by atoms with E-state index in [9.17, 15) is 8.42 Å². The zero-order valence-corrected chi connectivity index (χ0v) is 22.5. The monoisotopic (exact) mass is 546 g/mol. The van der Waals surface area contributed by atoms with Crippen molar-refractivity contribution in [2.75, 3.05) is 38.3 Å². The SMILES string of the molecule is COc1ccccc1-c1nc(S(=O)(=O)c2ccc3c(c2)OCCO3)c(N2CCC(Cc3ccccc3)CC2)o1. The van der Waals surface area contributed by atoms with Crippen molar-refractivity contribution >= 4 is 15.7 Å². The molecular weight excluding hydrogens is 516 g/mol. The van der Waals surface area contributed by atoms with E-state index in [4.69, 9.17) is 18.6 Å². The van der Waals surface area contributed by atoms with Crippen LogP contribution in [0, 0.1) is 5.92 Å². The Morgan fingerprint density at radius 1 is 0.923 bits per heavy atom. The first-order valence-electron chi connectivity index (χ1n) is 13.1. The molecule has 2 aliphatic rings. The van der Waals surface area contributed by atoms with Gasteiger partial charge < -0.3 is 23.5 Å². The molecule has 0 N–H and O–H groups in total. The van der Waals surface area contributed by atoms with Crippen molar-refractivity contribution < 1.29 is 27.0 Å². The van der Waals surface area contributed by atoms with Crippen molar-refractivity contribution in [2.24, 2.45) is 5.92 Å². The van der Waals surface area contributed by atoms with Crippen molar-refractivity contribution in [2.45, 2.75) is 29.2 Å². The van der Waals surface area contributed by atoms with E-state index < -0.39 is 9.84 Å². The number of rotatable bonds is 7. The third-order valence-corrected chi connectivity index (χ3v) is 8.91. The molecule has 3 heterocycles. The maximum Gasteiger partial charge on any atom is 0.236 e. The van der Waals surface area contributed by atoms with Gasteiger partial charge in [-0.25, -0.2) is 8.42 Å². The summed E-state index contributed by atoms with van der Waals surface area (Å²) in [6.45, 7) is 2.13. The number of piperidine rings is 1. The minimum atomic E-state index is -4.04. The molecule has 0 bridgehead atoms. The van der Waals surface area contributed by atoms with E-state index in [-0.39, 0.29) is 21.7 Å². The highest BCUT2D eigenvalue weighted by Crippen LogP contribution is 2.41.